The molecule has 0 spiro atoms. The highest BCUT2D eigenvalue weighted by molar-refractivity contribution is 5.82. The second-order valence-corrected chi connectivity index (χ2v) is 5.45. The number of amides is 1. The molecule has 116 valence electrons. The van der Waals surface area contributed by atoms with Gasteiger partial charge in [0.25, 0.3) is 0 Å². The Morgan fingerprint density at radius 3 is 2.86 bits per heavy atom. The van der Waals surface area contributed by atoms with Crippen molar-refractivity contribution in [2.45, 2.75) is 32.0 Å². The molecule has 1 fully saturated rings. The molecule has 0 heterocycles. The molecule has 3 atom stereocenters. The number of hydrogen-bond donors (Lipinski definition) is 2. The van der Waals surface area contributed by atoms with Crippen molar-refractivity contribution in [3.8, 4) is 0 Å². The topological polar surface area (TPSA) is 58.6 Å². The molecule has 0 radical (unpaired) electrons. The van der Waals surface area contributed by atoms with E-state index in [1.807, 2.05) is 6.92 Å². The molecule has 0 aromatic heterocycles. The average molecular weight is 299 g/mol. The van der Waals surface area contributed by atoms with Crippen LogP contribution >= 0.6 is 0 Å². The highest BCUT2D eigenvalue weighted by Crippen LogP contribution is 2.34. The summed E-state index contributed by atoms with van der Waals surface area (Å²) in [5, 5.41) is 12.9. The van der Waals surface area contributed by atoms with Gasteiger partial charge in [-0.2, -0.15) is 0 Å². The maximum atomic E-state index is 13.7. The van der Waals surface area contributed by atoms with E-state index in [0.29, 0.717) is 19.1 Å². The summed E-state index contributed by atoms with van der Waals surface area (Å²) in [7, 11) is 0. The lowest BCUT2D eigenvalue weighted by Gasteiger charge is -2.24. The van der Waals surface area contributed by atoms with E-state index in [4.69, 9.17) is 4.74 Å². The van der Waals surface area contributed by atoms with E-state index < -0.39 is 17.2 Å². The third-order valence-corrected chi connectivity index (χ3v) is 3.57. The van der Waals surface area contributed by atoms with Crippen molar-refractivity contribution in [3.63, 3.8) is 0 Å². The van der Waals surface area contributed by atoms with Gasteiger partial charge in [0, 0.05) is 18.2 Å². The van der Waals surface area contributed by atoms with E-state index in [2.05, 4.69) is 5.32 Å². The third-order valence-electron chi connectivity index (χ3n) is 3.57. The summed E-state index contributed by atoms with van der Waals surface area (Å²) in [5.74, 6) is -1.99. The Labute approximate surface area is 122 Å². The maximum Gasteiger partial charge on any atom is 0.225 e. The first-order chi connectivity index (χ1) is 9.85. The van der Waals surface area contributed by atoms with Crippen LogP contribution in [-0.4, -0.2) is 30.3 Å². The Hall–Kier alpha value is -1.53. The first-order valence-corrected chi connectivity index (χ1v) is 6.92. The molecule has 1 aliphatic carbocycles. The fraction of sp³-hybridized carbons (Fsp3) is 0.533. The van der Waals surface area contributed by atoms with Crippen molar-refractivity contribution in [3.05, 3.63) is 35.4 Å². The van der Waals surface area contributed by atoms with Crippen molar-refractivity contribution in [1.29, 1.82) is 0 Å². The van der Waals surface area contributed by atoms with E-state index in [1.165, 1.54) is 13.0 Å². The zero-order valence-electron chi connectivity index (χ0n) is 12.0. The van der Waals surface area contributed by atoms with E-state index in [0.717, 1.165) is 6.07 Å². The lowest BCUT2D eigenvalue weighted by molar-refractivity contribution is -0.124. The van der Waals surface area contributed by atoms with Crippen LogP contribution in [0.4, 0.5) is 8.78 Å². The van der Waals surface area contributed by atoms with Crippen LogP contribution in [0, 0.1) is 17.6 Å². The summed E-state index contributed by atoms with van der Waals surface area (Å²) in [6.45, 7) is 3.63. The monoisotopic (exact) mass is 299 g/mol. The summed E-state index contributed by atoms with van der Waals surface area (Å²) >= 11 is 0. The van der Waals surface area contributed by atoms with Gasteiger partial charge in [-0.3, -0.25) is 4.79 Å². The summed E-state index contributed by atoms with van der Waals surface area (Å²) in [5.41, 5.74) is -1.66. The molecular weight excluding hydrogens is 280 g/mol. The SMILES string of the molecule is CCOC1CC1C(=O)NCC(C)(O)c1ccc(F)cc1F. The molecule has 0 bridgehead atoms. The van der Waals surface area contributed by atoms with Crippen LogP contribution < -0.4 is 5.32 Å². The zero-order valence-corrected chi connectivity index (χ0v) is 12.0. The van der Waals surface area contributed by atoms with E-state index >= 15 is 0 Å². The van der Waals surface area contributed by atoms with Gasteiger partial charge >= 0.3 is 0 Å². The minimum Gasteiger partial charge on any atom is -0.383 e. The zero-order chi connectivity index (χ0) is 15.6. The van der Waals surface area contributed by atoms with Crippen LogP contribution in [0.25, 0.3) is 0 Å². The molecule has 1 aromatic rings. The standard InChI is InChI=1S/C15H19F2NO3/c1-3-21-13-7-10(13)14(19)18-8-15(2,20)11-5-4-9(16)6-12(11)17/h4-6,10,13,20H,3,7-8H2,1-2H3,(H,18,19). The number of halogens is 2. The minimum absolute atomic E-state index is 0.0543. The van der Waals surface area contributed by atoms with Gasteiger partial charge in [0.2, 0.25) is 5.91 Å². The Kier molecular flexibility index (Phi) is 4.58. The van der Waals surface area contributed by atoms with Gasteiger partial charge in [0.05, 0.1) is 18.6 Å². The molecule has 2 rings (SSSR count). The number of rotatable bonds is 6. The van der Waals surface area contributed by atoms with E-state index in [9.17, 15) is 18.7 Å². The molecule has 2 N–H and O–H groups in total. The van der Waals surface area contributed by atoms with Crippen molar-refractivity contribution in [2.75, 3.05) is 13.2 Å². The van der Waals surface area contributed by atoms with Gasteiger partial charge < -0.3 is 15.2 Å². The average Bonchev–Trinajstić information content (AvgIpc) is 3.15. The molecule has 1 aliphatic rings. The van der Waals surface area contributed by atoms with Gasteiger partial charge in [0.15, 0.2) is 0 Å². The second-order valence-electron chi connectivity index (χ2n) is 5.45. The quantitative estimate of drug-likeness (QED) is 0.841. The van der Waals surface area contributed by atoms with E-state index in [-0.39, 0.29) is 30.0 Å². The van der Waals surface area contributed by atoms with Crippen LogP contribution in [-0.2, 0) is 15.1 Å². The fourth-order valence-corrected chi connectivity index (χ4v) is 2.26. The number of nitrogens with one attached hydrogen (secondary N) is 1. The van der Waals surface area contributed by atoms with Gasteiger partial charge in [0.1, 0.15) is 17.2 Å². The third kappa shape index (κ3) is 3.77. The second kappa shape index (κ2) is 6.07. The molecule has 1 aromatic carbocycles. The van der Waals surface area contributed by atoms with Crippen LogP contribution in [0.5, 0.6) is 0 Å². The normalized spacial score (nSPS) is 23.5. The highest BCUT2D eigenvalue weighted by atomic mass is 19.1. The highest BCUT2D eigenvalue weighted by Gasteiger charge is 2.44. The van der Waals surface area contributed by atoms with Gasteiger partial charge in [-0.05, 0) is 26.3 Å². The van der Waals surface area contributed by atoms with E-state index in [1.54, 1.807) is 0 Å². The molecule has 6 heteroatoms. The maximum absolute atomic E-state index is 13.7. The number of ether oxygens (including phenoxy) is 1. The number of benzene rings is 1. The summed E-state index contributed by atoms with van der Waals surface area (Å²) in [4.78, 5) is 11.9. The Balaban J connectivity index is 1.94. The first kappa shape index (κ1) is 15.9. The minimum atomic E-state index is -1.61. The number of carbonyl (C=O) groups is 1. The lowest BCUT2D eigenvalue weighted by Crippen LogP contribution is -2.40. The predicted octanol–water partition coefficient (Wildman–Crippen LogP) is 1.71. The summed E-state index contributed by atoms with van der Waals surface area (Å²) in [6, 6.07) is 2.95. The van der Waals surface area contributed by atoms with Gasteiger partial charge in [-0.25, -0.2) is 8.78 Å². The molecule has 4 nitrogen and oxygen atoms in total. The number of aliphatic hydroxyl groups is 1. The fourth-order valence-electron chi connectivity index (χ4n) is 2.26. The number of carbonyl (C=O) groups excluding carboxylic acids is 1. The van der Waals surface area contributed by atoms with Crippen LogP contribution in [0.2, 0.25) is 0 Å². The molecule has 21 heavy (non-hydrogen) atoms. The Morgan fingerprint density at radius 2 is 2.24 bits per heavy atom. The van der Waals surface area contributed by atoms with Crippen molar-refractivity contribution in [2.24, 2.45) is 5.92 Å². The largest absolute Gasteiger partial charge is 0.383 e. The Morgan fingerprint density at radius 1 is 1.52 bits per heavy atom. The van der Waals surface area contributed by atoms with Crippen molar-refractivity contribution in [1.82, 2.24) is 5.32 Å². The van der Waals surface area contributed by atoms with Crippen LogP contribution in [0.1, 0.15) is 25.8 Å². The van der Waals surface area contributed by atoms with Gasteiger partial charge in [-0.15, -0.1) is 0 Å². The molecule has 0 aliphatic heterocycles. The van der Waals surface area contributed by atoms with Gasteiger partial charge in [-0.1, -0.05) is 6.07 Å². The lowest BCUT2D eigenvalue weighted by atomic mass is 9.95. The van der Waals surface area contributed by atoms with Crippen molar-refractivity contribution >= 4 is 5.91 Å². The Bertz CT molecular complexity index is 534. The summed E-state index contributed by atoms with van der Waals surface area (Å²) < 4.78 is 31.9. The molecular formula is C15H19F2NO3. The molecule has 1 amide bonds. The predicted molar refractivity (Wildman–Crippen MR) is 72.5 cm³/mol. The van der Waals surface area contributed by atoms with Crippen LogP contribution in [0.15, 0.2) is 18.2 Å². The smallest absolute Gasteiger partial charge is 0.225 e. The first-order valence-electron chi connectivity index (χ1n) is 6.92. The molecule has 3 unspecified atom stereocenters. The summed E-state index contributed by atoms with van der Waals surface area (Å²) in [6.07, 6.45) is 0.592. The molecule has 1 saturated carbocycles. The molecule has 0 saturated heterocycles. The number of hydrogen-bond acceptors (Lipinski definition) is 3. The van der Waals surface area contributed by atoms with Crippen molar-refractivity contribution < 1.29 is 23.4 Å². The van der Waals surface area contributed by atoms with Crippen LogP contribution in [0.3, 0.4) is 0 Å².